The second kappa shape index (κ2) is 6.58. The largest absolute Gasteiger partial charge is 0.444 e. The van der Waals surface area contributed by atoms with Crippen molar-refractivity contribution in [2.75, 3.05) is 0 Å². The van der Waals surface area contributed by atoms with Gasteiger partial charge >= 0.3 is 6.03 Å². The molecule has 29 heavy (non-hydrogen) atoms. The lowest BCUT2D eigenvalue weighted by atomic mass is 9.89. The van der Waals surface area contributed by atoms with Crippen molar-refractivity contribution in [3.8, 4) is 11.5 Å². The highest BCUT2D eigenvalue weighted by molar-refractivity contribution is 6.07. The molecule has 1 unspecified atom stereocenters. The van der Waals surface area contributed by atoms with Crippen LogP contribution in [0.5, 0.6) is 0 Å². The molecule has 146 valence electrons. The minimum atomic E-state index is -1.07. The molecule has 3 aromatic rings. The van der Waals surface area contributed by atoms with E-state index in [0.717, 1.165) is 30.4 Å². The molecular weight excluding hydrogens is 366 g/mol. The van der Waals surface area contributed by atoms with Gasteiger partial charge in [0.05, 0.1) is 12.2 Å². The highest BCUT2D eigenvalue weighted by Crippen LogP contribution is 2.33. The molecule has 1 aliphatic heterocycles. The maximum atomic E-state index is 13.2. The molecular formula is C23H21N3O3. The van der Waals surface area contributed by atoms with Crippen LogP contribution in [0.15, 0.2) is 59.2 Å². The van der Waals surface area contributed by atoms with Crippen LogP contribution in [0.2, 0.25) is 0 Å². The van der Waals surface area contributed by atoms with Gasteiger partial charge in [-0.2, -0.15) is 0 Å². The summed E-state index contributed by atoms with van der Waals surface area (Å²) in [5, 5.41) is 2.88. The number of carbonyl (C=O) groups is 2. The molecule has 0 radical (unpaired) electrons. The third kappa shape index (κ3) is 2.92. The number of imide groups is 1. The van der Waals surface area contributed by atoms with E-state index in [2.05, 4.69) is 22.4 Å². The molecule has 0 bridgehead atoms. The summed E-state index contributed by atoms with van der Waals surface area (Å²) >= 11 is 0. The maximum Gasteiger partial charge on any atom is 0.325 e. The fourth-order valence-electron chi connectivity index (χ4n) is 4.17. The molecule has 3 amide bonds. The molecule has 2 aliphatic rings. The van der Waals surface area contributed by atoms with Crippen LogP contribution in [-0.4, -0.2) is 21.8 Å². The molecule has 1 atom stereocenters. The molecule has 1 aromatic heterocycles. The van der Waals surface area contributed by atoms with Crippen molar-refractivity contribution < 1.29 is 14.0 Å². The van der Waals surface area contributed by atoms with Crippen LogP contribution in [0.3, 0.4) is 0 Å². The zero-order valence-electron chi connectivity index (χ0n) is 16.1. The first-order valence-electron chi connectivity index (χ1n) is 9.81. The molecule has 2 aromatic carbocycles. The number of aryl methyl sites for hydroxylation is 2. The highest BCUT2D eigenvalue weighted by atomic mass is 16.3. The van der Waals surface area contributed by atoms with Crippen LogP contribution in [0, 0.1) is 0 Å². The number of nitrogens with zero attached hydrogens (tertiary/aromatic N) is 2. The zero-order chi connectivity index (χ0) is 20.0. The van der Waals surface area contributed by atoms with E-state index < -0.39 is 11.6 Å². The van der Waals surface area contributed by atoms with Gasteiger partial charge < -0.3 is 9.73 Å². The standard InChI is InChI=1S/C23H21N3O3/c1-23(18-11-10-15-8-5-9-17(15)12-18)21(27)26(22(28)25-23)13-19-14-29-20(24-19)16-6-3-2-4-7-16/h2-4,6-7,10-12,14H,5,8-9,13H2,1H3,(H,25,28). The Bertz CT molecular complexity index is 1110. The summed E-state index contributed by atoms with van der Waals surface area (Å²) in [6.45, 7) is 1.84. The van der Waals surface area contributed by atoms with Gasteiger partial charge in [0.2, 0.25) is 5.89 Å². The predicted octanol–water partition coefficient (Wildman–Crippen LogP) is 3.80. The van der Waals surface area contributed by atoms with Crippen LogP contribution >= 0.6 is 0 Å². The quantitative estimate of drug-likeness (QED) is 0.691. The van der Waals surface area contributed by atoms with Gasteiger partial charge in [-0.15, -0.1) is 0 Å². The minimum absolute atomic E-state index is 0.0710. The average Bonchev–Trinajstić information content (AvgIpc) is 3.44. The number of urea groups is 1. The van der Waals surface area contributed by atoms with Crippen molar-refractivity contribution in [2.24, 2.45) is 0 Å². The first-order chi connectivity index (χ1) is 14.0. The second-order valence-electron chi connectivity index (χ2n) is 7.79. The normalized spacial score (nSPS) is 20.8. The number of hydrogen-bond donors (Lipinski definition) is 1. The zero-order valence-corrected chi connectivity index (χ0v) is 16.1. The second-order valence-corrected chi connectivity index (χ2v) is 7.79. The third-order valence-corrected chi connectivity index (χ3v) is 5.84. The number of oxazole rings is 1. The van der Waals surface area contributed by atoms with E-state index in [0.29, 0.717) is 11.6 Å². The SMILES string of the molecule is CC1(c2ccc3c(c2)CCC3)NC(=O)N(Cc2coc(-c3ccccc3)n2)C1=O. The molecule has 1 aliphatic carbocycles. The van der Waals surface area contributed by atoms with Crippen molar-refractivity contribution in [1.29, 1.82) is 0 Å². The van der Waals surface area contributed by atoms with Gasteiger partial charge in [0.15, 0.2) is 0 Å². The minimum Gasteiger partial charge on any atom is -0.444 e. The predicted molar refractivity (Wildman–Crippen MR) is 107 cm³/mol. The number of carbonyl (C=O) groups excluding carboxylic acids is 2. The number of fused-ring (bicyclic) bond motifs is 1. The summed E-state index contributed by atoms with van der Waals surface area (Å²) in [5.74, 6) is 0.193. The summed E-state index contributed by atoms with van der Waals surface area (Å²) in [6, 6.07) is 15.2. The van der Waals surface area contributed by atoms with E-state index in [1.807, 2.05) is 36.4 Å². The number of aromatic nitrogens is 1. The van der Waals surface area contributed by atoms with Gasteiger partial charge in [-0.1, -0.05) is 36.4 Å². The molecule has 5 rings (SSSR count). The molecule has 1 saturated heterocycles. The van der Waals surface area contributed by atoms with Crippen molar-refractivity contribution >= 4 is 11.9 Å². The summed E-state index contributed by atoms with van der Waals surface area (Å²) in [5.41, 5.74) is 3.74. The van der Waals surface area contributed by atoms with Gasteiger partial charge in [-0.3, -0.25) is 9.69 Å². The van der Waals surface area contributed by atoms with Gasteiger partial charge in [0.25, 0.3) is 5.91 Å². The molecule has 6 nitrogen and oxygen atoms in total. The average molecular weight is 387 g/mol. The van der Waals surface area contributed by atoms with Crippen molar-refractivity contribution in [2.45, 2.75) is 38.3 Å². The Kier molecular flexibility index (Phi) is 4.01. The van der Waals surface area contributed by atoms with E-state index >= 15 is 0 Å². The summed E-state index contributed by atoms with van der Waals surface area (Å²) in [7, 11) is 0. The highest BCUT2D eigenvalue weighted by Gasteiger charge is 2.49. The molecule has 0 spiro atoms. The molecule has 2 heterocycles. The fraction of sp³-hybridized carbons (Fsp3) is 0.261. The lowest BCUT2D eigenvalue weighted by Gasteiger charge is -2.23. The summed E-state index contributed by atoms with van der Waals surface area (Å²) < 4.78 is 5.54. The van der Waals surface area contributed by atoms with Crippen LogP contribution in [0.1, 0.15) is 35.7 Å². The first-order valence-corrected chi connectivity index (χ1v) is 9.81. The number of benzene rings is 2. The van der Waals surface area contributed by atoms with Gasteiger partial charge in [-0.05, 0) is 55.0 Å². The number of hydrogen-bond acceptors (Lipinski definition) is 4. The Balaban J connectivity index is 1.39. The Morgan fingerprint density at radius 1 is 1.10 bits per heavy atom. The molecule has 6 heteroatoms. The van der Waals surface area contributed by atoms with Gasteiger partial charge in [0.1, 0.15) is 11.8 Å². The van der Waals surface area contributed by atoms with E-state index in [9.17, 15) is 9.59 Å². The van der Waals surface area contributed by atoms with E-state index in [4.69, 9.17) is 4.42 Å². The van der Waals surface area contributed by atoms with E-state index in [1.54, 1.807) is 6.92 Å². The maximum absolute atomic E-state index is 13.2. The topological polar surface area (TPSA) is 75.4 Å². The number of rotatable bonds is 4. The summed E-state index contributed by atoms with van der Waals surface area (Å²) in [4.78, 5) is 31.5. The lowest BCUT2D eigenvalue weighted by Crippen LogP contribution is -2.41. The van der Waals surface area contributed by atoms with Crippen molar-refractivity contribution in [3.63, 3.8) is 0 Å². The Hall–Kier alpha value is -3.41. The lowest BCUT2D eigenvalue weighted by molar-refractivity contribution is -0.131. The smallest absolute Gasteiger partial charge is 0.325 e. The van der Waals surface area contributed by atoms with Crippen LogP contribution in [-0.2, 0) is 29.7 Å². The molecule has 1 N–H and O–H groups in total. The van der Waals surface area contributed by atoms with Crippen LogP contribution in [0.25, 0.3) is 11.5 Å². The van der Waals surface area contributed by atoms with Gasteiger partial charge in [-0.25, -0.2) is 9.78 Å². The fourth-order valence-corrected chi connectivity index (χ4v) is 4.17. The Labute approximate surface area is 168 Å². The van der Waals surface area contributed by atoms with Crippen LogP contribution in [0.4, 0.5) is 4.79 Å². The number of amides is 3. The molecule has 1 fully saturated rings. The van der Waals surface area contributed by atoms with Crippen LogP contribution < -0.4 is 5.32 Å². The van der Waals surface area contributed by atoms with Crippen molar-refractivity contribution in [1.82, 2.24) is 15.2 Å². The monoisotopic (exact) mass is 387 g/mol. The van der Waals surface area contributed by atoms with E-state index in [-0.39, 0.29) is 12.5 Å². The number of nitrogens with one attached hydrogen (secondary N) is 1. The molecule has 0 saturated carbocycles. The van der Waals surface area contributed by atoms with Gasteiger partial charge in [0, 0.05) is 5.56 Å². The summed E-state index contributed by atoms with van der Waals surface area (Å²) in [6.07, 6.45) is 4.73. The van der Waals surface area contributed by atoms with Crippen molar-refractivity contribution in [3.05, 3.63) is 77.2 Å². The van der Waals surface area contributed by atoms with E-state index in [1.165, 1.54) is 22.3 Å². The third-order valence-electron chi connectivity index (χ3n) is 5.84. The first kappa shape index (κ1) is 17.7. The Morgan fingerprint density at radius 3 is 2.72 bits per heavy atom. The Morgan fingerprint density at radius 2 is 1.90 bits per heavy atom.